The molecule has 2 heterocycles. The van der Waals surface area contributed by atoms with E-state index in [1.807, 2.05) is 4.90 Å². The maximum absolute atomic E-state index is 13.4. The van der Waals surface area contributed by atoms with Gasteiger partial charge in [0.25, 0.3) is 0 Å². The lowest BCUT2D eigenvalue weighted by Gasteiger charge is -2.36. The van der Waals surface area contributed by atoms with Crippen molar-refractivity contribution in [3.05, 3.63) is 29.8 Å². The summed E-state index contributed by atoms with van der Waals surface area (Å²) in [6, 6.07) is 3.77. The molecule has 1 N–H and O–H groups in total. The molecule has 1 aromatic rings. The van der Waals surface area contributed by atoms with Crippen LogP contribution in [-0.4, -0.2) is 54.2 Å². The Morgan fingerprint density at radius 2 is 1.85 bits per heavy atom. The highest BCUT2D eigenvalue weighted by Crippen LogP contribution is 2.23. The lowest BCUT2D eigenvalue weighted by molar-refractivity contribution is -0.132. The second kappa shape index (κ2) is 7.01. The molecule has 26 heavy (non-hydrogen) atoms. The first-order valence-corrected chi connectivity index (χ1v) is 8.60. The van der Waals surface area contributed by atoms with Crippen molar-refractivity contribution in [3.63, 3.8) is 0 Å². The van der Waals surface area contributed by atoms with Gasteiger partial charge >= 0.3 is 0 Å². The van der Waals surface area contributed by atoms with Gasteiger partial charge in [0.05, 0.1) is 12.0 Å². The van der Waals surface area contributed by atoms with Gasteiger partial charge in [-0.1, -0.05) is 0 Å². The SMILES string of the molecule is CC1(CCC(=O)N2CCN(c3ccc(F)c(F)c3)CC2)NC(=O)CC1=O. The number of ketones is 1. The first-order chi connectivity index (χ1) is 12.3. The summed E-state index contributed by atoms with van der Waals surface area (Å²) >= 11 is 0. The number of carbonyl (C=O) groups excluding carboxylic acids is 3. The number of anilines is 1. The smallest absolute Gasteiger partial charge is 0.228 e. The molecule has 2 aliphatic rings. The Kier molecular flexibility index (Phi) is 4.93. The fourth-order valence-corrected chi connectivity index (χ4v) is 3.38. The van der Waals surface area contributed by atoms with Crippen LogP contribution in [0.2, 0.25) is 0 Å². The number of nitrogens with one attached hydrogen (secondary N) is 1. The van der Waals surface area contributed by atoms with Crippen molar-refractivity contribution in [1.82, 2.24) is 10.2 Å². The van der Waals surface area contributed by atoms with Gasteiger partial charge in [0, 0.05) is 44.4 Å². The fourth-order valence-electron chi connectivity index (χ4n) is 3.38. The number of hydrogen-bond acceptors (Lipinski definition) is 4. The predicted molar refractivity (Wildman–Crippen MR) is 90.6 cm³/mol. The van der Waals surface area contributed by atoms with Gasteiger partial charge in [0.2, 0.25) is 11.8 Å². The van der Waals surface area contributed by atoms with Gasteiger partial charge < -0.3 is 15.1 Å². The lowest BCUT2D eigenvalue weighted by atomic mass is 9.92. The van der Waals surface area contributed by atoms with Gasteiger partial charge in [0.15, 0.2) is 17.4 Å². The topological polar surface area (TPSA) is 69.7 Å². The molecule has 1 atom stereocenters. The minimum Gasteiger partial charge on any atom is -0.368 e. The Labute approximate surface area is 150 Å². The van der Waals surface area contributed by atoms with Crippen LogP contribution in [0.15, 0.2) is 18.2 Å². The van der Waals surface area contributed by atoms with Crippen molar-refractivity contribution in [1.29, 1.82) is 0 Å². The second-order valence-corrected chi connectivity index (χ2v) is 6.95. The molecule has 3 rings (SSSR count). The Hall–Kier alpha value is -2.51. The quantitative estimate of drug-likeness (QED) is 0.815. The summed E-state index contributed by atoms with van der Waals surface area (Å²) in [7, 11) is 0. The average molecular weight is 365 g/mol. The number of rotatable bonds is 4. The molecule has 8 heteroatoms. The van der Waals surface area contributed by atoms with Crippen molar-refractivity contribution in [2.24, 2.45) is 0 Å². The number of nitrogens with zero attached hydrogens (tertiary/aromatic N) is 2. The molecule has 0 saturated carbocycles. The summed E-state index contributed by atoms with van der Waals surface area (Å²) in [6.07, 6.45) is 0.324. The summed E-state index contributed by atoms with van der Waals surface area (Å²) in [5, 5.41) is 2.64. The van der Waals surface area contributed by atoms with E-state index in [0.29, 0.717) is 31.9 Å². The van der Waals surface area contributed by atoms with Crippen molar-refractivity contribution >= 4 is 23.3 Å². The zero-order chi connectivity index (χ0) is 18.9. The summed E-state index contributed by atoms with van der Waals surface area (Å²) in [6.45, 7) is 3.62. The van der Waals surface area contributed by atoms with E-state index in [2.05, 4.69) is 5.32 Å². The molecule has 1 unspecified atom stereocenters. The van der Waals surface area contributed by atoms with E-state index in [1.54, 1.807) is 11.8 Å². The van der Waals surface area contributed by atoms with Crippen molar-refractivity contribution < 1.29 is 23.2 Å². The van der Waals surface area contributed by atoms with E-state index in [-0.39, 0.29) is 36.9 Å². The molecule has 0 spiro atoms. The van der Waals surface area contributed by atoms with Crippen molar-refractivity contribution in [3.8, 4) is 0 Å². The predicted octanol–water partition coefficient (Wildman–Crippen LogP) is 1.24. The Morgan fingerprint density at radius 1 is 1.15 bits per heavy atom. The molecule has 0 aromatic heterocycles. The van der Waals surface area contributed by atoms with Crippen LogP contribution in [0.5, 0.6) is 0 Å². The first-order valence-electron chi connectivity index (χ1n) is 8.60. The maximum Gasteiger partial charge on any atom is 0.228 e. The number of benzene rings is 1. The Morgan fingerprint density at radius 3 is 2.42 bits per heavy atom. The third kappa shape index (κ3) is 3.68. The molecule has 1 aromatic carbocycles. The van der Waals surface area contributed by atoms with E-state index in [9.17, 15) is 23.2 Å². The number of amides is 2. The third-order valence-electron chi connectivity index (χ3n) is 5.09. The van der Waals surface area contributed by atoms with Crippen LogP contribution in [-0.2, 0) is 14.4 Å². The summed E-state index contributed by atoms with van der Waals surface area (Å²) in [4.78, 5) is 39.2. The Balaban J connectivity index is 1.51. The molecular weight excluding hydrogens is 344 g/mol. The van der Waals surface area contributed by atoms with Gasteiger partial charge in [-0.05, 0) is 25.5 Å². The van der Waals surface area contributed by atoms with Crippen LogP contribution in [0.25, 0.3) is 0 Å². The monoisotopic (exact) mass is 365 g/mol. The van der Waals surface area contributed by atoms with Gasteiger partial charge in [-0.25, -0.2) is 8.78 Å². The largest absolute Gasteiger partial charge is 0.368 e. The Bertz CT molecular complexity index is 747. The van der Waals surface area contributed by atoms with Gasteiger partial charge in [-0.2, -0.15) is 0 Å². The molecule has 0 radical (unpaired) electrons. The van der Waals surface area contributed by atoms with E-state index in [0.717, 1.165) is 12.1 Å². The fraction of sp³-hybridized carbons (Fsp3) is 0.500. The first kappa shape index (κ1) is 18.3. The van der Waals surface area contributed by atoms with Gasteiger partial charge in [0.1, 0.15) is 0 Å². The second-order valence-electron chi connectivity index (χ2n) is 6.95. The molecule has 2 fully saturated rings. The zero-order valence-electron chi connectivity index (χ0n) is 14.6. The van der Waals surface area contributed by atoms with E-state index in [1.165, 1.54) is 6.07 Å². The average Bonchev–Trinajstić information content (AvgIpc) is 2.87. The highest BCUT2D eigenvalue weighted by molar-refractivity contribution is 6.10. The molecule has 6 nitrogen and oxygen atoms in total. The van der Waals surface area contributed by atoms with Crippen LogP contribution in [0.3, 0.4) is 0 Å². The molecule has 2 aliphatic heterocycles. The van der Waals surface area contributed by atoms with Gasteiger partial charge in [-0.3, -0.25) is 14.4 Å². The minimum atomic E-state index is -0.958. The molecule has 0 bridgehead atoms. The van der Waals surface area contributed by atoms with Crippen molar-refractivity contribution in [2.45, 2.75) is 31.7 Å². The van der Waals surface area contributed by atoms with Crippen LogP contribution in [0.4, 0.5) is 14.5 Å². The number of carbonyl (C=O) groups is 3. The normalized spacial score (nSPS) is 23.3. The van der Waals surface area contributed by atoms with Crippen molar-refractivity contribution in [2.75, 3.05) is 31.1 Å². The summed E-state index contributed by atoms with van der Waals surface area (Å²) < 4.78 is 26.4. The van der Waals surface area contributed by atoms with Crippen LogP contribution in [0.1, 0.15) is 26.2 Å². The minimum absolute atomic E-state index is 0.0786. The molecule has 2 saturated heterocycles. The molecule has 140 valence electrons. The number of Topliss-reactive ketones (excluding diaryl/α,β-unsaturated/α-hetero) is 1. The standard InChI is InChI=1S/C18H21F2N3O3/c1-18(15(24)11-16(25)21-18)5-4-17(26)23-8-6-22(7-9-23)12-2-3-13(19)14(20)10-12/h2-3,10H,4-9,11H2,1H3,(H,21,25). The molecule has 2 amide bonds. The number of hydrogen-bond donors (Lipinski definition) is 1. The number of piperazine rings is 1. The zero-order valence-corrected chi connectivity index (χ0v) is 14.6. The molecular formula is C18H21F2N3O3. The van der Waals surface area contributed by atoms with Gasteiger partial charge in [-0.15, -0.1) is 0 Å². The van der Waals surface area contributed by atoms with E-state index >= 15 is 0 Å². The molecule has 0 aliphatic carbocycles. The van der Waals surface area contributed by atoms with Crippen LogP contribution < -0.4 is 10.2 Å². The lowest BCUT2D eigenvalue weighted by Crippen LogP contribution is -2.50. The van der Waals surface area contributed by atoms with E-state index in [4.69, 9.17) is 0 Å². The highest BCUT2D eigenvalue weighted by atomic mass is 19.2. The van der Waals surface area contributed by atoms with Crippen LogP contribution in [0, 0.1) is 11.6 Å². The van der Waals surface area contributed by atoms with Crippen LogP contribution >= 0.6 is 0 Å². The van der Waals surface area contributed by atoms with E-state index < -0.39 is 17.2 Å². The summed E-state index contributed by atoms with van der Waals surface area (Å²) in [5.41, 5.74) is -0.372. The third-order valence-corrected chi connectivity index (χ3v) is 5.09. The highest BCUT2D eigenvalue weighted by Gasteiger charge is 2.41. The maximum atomic E-state index is 13.4. The summed E-state index contributed by atoms with van der Waals surface area (Å²) in [5.74, 6) is -2.34. The number of halogens is 2.